The zero-order valence-corrected chi connectivity index (χ0v) is 22.2. The number of ether oxygens (including phenoxy) is 1. The van der Waals surface area contributed by atoms with Gasteiger partial charge in [-0.2, -0.15) is 0 Å². The van der Waals surface area contributed by atoms with E-state index in [2.05, 4.69) is 16.0 Å². The molecule has 0 saturated heterocycles. The van der Waals surface area contributed by atoms with Crippen LogP contribution in [0.3, 0.4) is 0 Å². The van der Waals surface area contributed by atoms with Gasteiger partial charge in [0.05, 0.1) is 15.8 Å². The van der Waals surface area contributed by atoms with Gasteiger partial charge in [0.25, 0.3) is 0 Å². The molecule has 0 saturated carbocycles. The number of thiazole rings is 1. The summed E-state index contributed by atoms with van der Waals surface area (Å²) in [4.78, 5) is 25.2. The third kappa shape index (κ3) is 4.50. The first-order valence-corrected chi connectivity index (χ1v) is 12.8. The summed E-state index contributed by atoms with van der Waals surface area (Å²) in [5.74, 6) is -1.04. The van der Waals surface area contributed by atoms with Crippen LogP contribution in [0.25, 0.3) is 42.9 Å². The first-order valence-electron chi connectivity index (χ1n) is 11.6. The predicted molar refractivity (Wildman–Crippen MR) is 146 cm³/mol. The second kappa shape index (κ2) is 9.00. The highest BCUT2D eigenvalue weighted by molar-refractivity contribution is 7.22. The molecule has 36 heavy (non-hydrogen) atoms. The fourth-order valence-corrected chi connectivity index (χ4v) is 5.65. The van der Waals surface area contributed by atoms with Crippen LogP contribution in [0.2, 0.25) is 5.02 Å². The van der Waals surface area contributed by atoms with Gasteiger partial charge in [-0.25, -0.2) is 14.8 Å². The number of aromatic nitrogens is 3. The molecule has 5 aromatic rings. The van der Waals surface area contributed by atoms with E-state index in [4.69, 9.17) is 21.3 Å². The van der Waals surface area contributed by atoms with Crippen molar-refractivity contribution >= 4 is 50.2 Å². The number of rotatable bonds is 5. The molecule has 0 bridgehead atoms. The van der Waals surface area contributed by atoms with Gasteiger partial charge in [0.15, 0.2) is 6.10 Å². The Kier molecular flexibility index (Phi) is 6.11. The molecule has 0 aliphatic carbocycles. The van der Waals surface area contributed by atoms with Crippen molar-refractivity contribution in [3.63, 3.8) is 0 Å². The fraction of sp³-hybridized carbons (Fsp3) is 0.250. The number of nitrogens with one attached hydrogen (secondary N) is 1. The molecule has 0 unspecified atom stereocenters. The number of nitrogens with zero attached hydrogens (tertiary/aromatic N) is 2. The second-order valence-corrected chi connectivity index (χ2v) is 11.3. The van der Waals surface area contributed by atoms with Crippen LogP contribution < -0.4 is 0 Å². The lowest BCUT2D eigenvalue weighted by atomic mass is 9.91. The molecule has 2 N–H and O–H groups in total. The number of H-pyrrole nitrogens is 1. The molecule has 3 heterocycles. The van der Waals surface area contributed by atoms with Gasteiger partial charge in [0.1, 0.15) is 10.7 Å². The Morgan fingerprint density at radius 3 is 2.50 bits per heavy atom. The summed E-state index contributed by atoms with van der Waals surface area (Å²) >= 11 is 7.71. The fourth-order valence-electron chi connectivity index (χ4n) is 4.41. The molecule has 5 rings (SSSR count). The Bertz CT molecular complexity index is 1610. The molecular formula is C28H26ClN3O3S. The molecule has 1 atom stereocenters. The average molecular weight is 520 g/mol. The summed E-state index contributed by atoms with van der Waals surface area (Å²) in [6, 6.07) is 11.5. The molecule has 184 valence electrons. The summed E-state index contributed by atoms with van der Waals surface area (Å²) in [5, 5.41) is 12.7. The zero-order chi connectivity index (χ0) is 25.8. The maximum absolute atomic E-state index is 12.5. The second-order valence-electron chi connectivity index (χ2n) is 9.90. The molecule has 2 aromatic carbocycles. The number of fused-ring (bicyclic) bond motifs is 2. The lowest BCUT2D eigenvalue weighted by molar-refractivity contribution is -0.160. The van der Waals surface area contributed by atoms with Crippen molar-refractivity contribution in [1.29, 1.82) is 0 Å². The van der Waals surface area contributed by atoms with Gasteiger partial charge in [-0.15, -0.1) is 11.3 Å². The van der Waals surface area contributed by atoms with Crippen molar-refractivity contribution in [3.05, 3.63) is 70.5 Å². The van der Waals surface area contributed by atoms with Gasteiger partial charge in [-0.1, -0.05) is 23.7 Å². The van der Waals surface area contributed by atoms with Gasteiger partial charge in [0.2, 0.25) is 0 Å². The molecule has 0 aliphatic rings. The predicted octanol–water partition coefficient (Wildman–Crippen LogP) is 7.72. The van der Waals surface area contributed by atoms with Crippen LogP contribution >= 0.6 is 22.9 Å². The van der Waals surface area contributed by atoms with Gasteiger partial charge >= 0.3 is 5.97 Å². The Morgan fingerprint density at radius 2 is 1.83 bits per heavy atom. The molecule has 0 amide bonds. The number of hydrogen-bond acceptors (Lipinski definition) is 5. The van der Waals surface area contributed by atoms with Gasteiger partial charge in [0, 0.05) is 39.5 Å². The van der Waals surface area contributed by atoms with Crippen molar-refractivity contribution in [3.8, 4) is 21.7 Å². The number of carbonyl (C=O) groups is 1. The van der Waals surface area contributed by atoms with Gasteiger partial charge in [-0.3, -0.25) is 0 Å². The average Bonchev–Trinajstić information content (AvgIpc) is 3.40. The highest BCUT2D eigenvalue weighted by Crippen LogP contribution is 2.44. The maximum atomic E-state index is 12.5. The summed E-state index contributed by atoms with van der Waals surface area (Å²) < 4.78 is 6.98. The number of hydrogen-bond donors (Lipinski definition) is 2. The molecular weight excluding hydrogens is 494 g/mol. The summed E-state index contributed by atoms with van der Waals surface area (Å²) in [6.45, 7) is 9.52. The minimum absolute atomic E-state index is 0.608. The minimum atomic E-state index is -1.15. The lowest BCUT2D eigenvalue weighted by Crippen LogP contribution is -2.28. The topological polar surface area (TPSA) is 88.1 Å². The number of aromatic amines is 1. The summed E-state index contributed by atoms with van der Waals surface area (Å²) in [5.41, 5.74) is 6.08. The van der Waals surface area contributed by atoms with Gasteiger partial charge in [-0.05, 0) is 75.6 Å². The van der Waals surface area contributed by atoms with Crippen molar-refractivity contribution < 1.29 is 14.6 Å². The monoisotopic (exact) mass is 519 g/mol. The van der Waals surface area contributed by atoms with E-state index < -0.39 is 17.7 Å². The molecule has 0 aliphatic heterocycles. The van der Waals surface area contributed by atoms with E-state index in [0.717, 1.165) is 54.1 Å². The third-order valence-electron chi connectivity index (χ3n) is 6.00. The number of aliphatic carboxylic acids is 1. The normalized spacial score (nSPS) is 12.9. The Balaban J connectivity index is 1.79. The molecule has 0 radical (unpaired) electrons. The molecule has 3 aromatic heterocycles. The highest BCUT2D eigenvalue weighted by Gasteiger charge is 2.32. The van der Waals surface area contributed by atoms with E-state index in [1.165, 1.54) is 11.3 Å². The highest BCUT2D eigenvalue weighted by atomic mass is 35.5. The molecule has 0 fully saturated rings. The van der Waals surface area contributed by atoms with Crippen LogP contribution in [0.15, 0.2) is 48.8 Å². The number of aryl methyl sites for hydroxylation is 2. The van der Waals surface area contributed by atoms with Crippen LogP contribution in [0, 0.1) is 13.8 Å². The SMILES string of the molecule is Cc1cc2nc(-c3cnc4[nH]cc(C)c4c3)sc2c(-c2ccc(Cl)cc2)c1[C@H](OC(C)(C)C)C(=O)O. The quantitative estimate of drug-likeness (QED) is 0.248. The van der Waals surface area contributed by atoms with Crippen molar-refractivity contribution in [2.75, 3.05) is 0 Å². The molecule has 8 heteroatoms. The zero-order valence-electron chi connectivity index (χ0n) is 20.6. The first-order chi connectivity index (χ1) is 17.0. The van der Waals surface area contributed by atoms with Crippen LogP contribution in [-0.2, 0) is 9.53 Å². The number of carboxylic acid groups (broad SMARTS) is 1. The third-order valence-corrected chi connectivity index (χ3v) is 7.39. The largest absolute Gasteiger partial charge is 0.479 e. The van der Waals surface area contributed by atoms with E-state index >= 15 is 0 Å². The number of carboxylic acids is 1. The number of pyridine rings is 1. The van der Waals surface area contributed by atoms with Crippen molar-refractivity contribution in [2.24, 2.45) is 0 Å². The van der Waals surface area contributed by atoms with E-state index in [9.17, 15) is 9.90 Å². The number of benzene rings is 2. The van der Waals surface area contributed by atoms with Gasteiger partial charge < -0.3 is 14.8 Å². The minimum Gasteiger partial charge on any atom is -0.479 e. The maximum Gasteiger partial charge on any atom is 0.337 e. The molecule has 6 nitrogen and oxygen atoms in total. The van der Waals surface area contributed by atoms with Crippen LogP contribution in [0.5, 0.6) is 0 Å². The molecule has 0 spiro atoms. The first kappa shape index (κ1) is 24.4. The Morgan fingerprint density at radius 1 is 1.11 bits per heavy atom. The standard InChI is InChI=1S/C28H26ClN3O3S/c1-14-10-20-24(36-26(32-20)17-11-19-15(2)12-30-25(19)31-13-17)22(16-6-8-18(29)9-7-16)21(14)23(27(33)34)35-28(3,4)5/h6-13,23H,1-5H3,(H,30,31)(H,33,34)/t23-/m0/s1. The van der Waals surface area contributed by atoms with E-state index in [0.29, 0.717) is 10.6 Å². The Hall–Kier alpha value is -3.26. The van der Waals surface area contributed by atoms with Crippen LogP contribution in [0.1, 0.15) is 43.6 Å². The van der Waals surface area contributed by atoms with E-state index in [-0.39, 0.29) is 0 Å². The van der Waals surface area contributed by atoms with E-state index in [1.54, 1.807) is 0 Å². The summed E-state index contributed by atoms with van der Waals surface area (Å²) in [7, 11) is 0. The van der Waals surface area contributed by atoms with Crippen molar-refractivity contribution in [1.82, 2.24) is 15.0 Å². The smallest absolute Gasteiger partial charge is 0.337 e. The summed E-state index contributed by atoms with van der Waals surface area (Å²) in [6.07, 6.45) is 2.61. The van der Waals surface area contributed by atoms with Crippen molar-refractivity contribution in [2.45, 2.75) is 46.3 Å². The lowest BCUT2D eigenvalue weighted by Gasteiger charge is -2.28. The Labute approximate surface area is 217 Å². The van der Waals surface area contributed by atoms with E-state index in [1.807, 2.05) is 77.3 Å². The van der Waals surface area contributed by atoms with Crippen LogP contribution in [-0.4, -0.2) is 31.6 Å². The van der Waals surface area contributed by atoms with Crippen LogP contribution in [0.4, 0.5) is 0 Å². The number of halogens is 1.